The summed E-state index contributed by atoms with van der Waals surface area (Å²) in [5.41, 5.74) is 3.96. The highest BCUT2D eigenvalue weighted by molar-refractivity contribution is 5.92. The topological polar surface area (TPSA) is 76.2 Å². The van der Waals surface area contributed by atoms with Crippen molar-refractivity contribution in [3.05, 3.63) is 60.2 Å². The summed E-state index contributed by atoms with van der Waals surface area (Å²) >= 11 is 0. The van der Waals surface area contributed by atoms with E-state index in [1.165, 1.54) is 19.3 Å². The van der Waals surface area contributed by atoms with Gasteiger partial charge in [0.1, 0.15) is 5.82 Å². The summed E-state index contributed by atoms with van der Waals surface area (Å²) < 4.78 is 4.14. The molecule has 1 fully saturated rings. The van der Waals surface area contributed by atoms with Crippen LogP contribution in [0.3, 0.4) is 0 Å². The molecule has 36 heavy (non-hydrogen) atoms. The van der Waals surface area contributed by atoms with E-state index in [-0.39, 0.29) is 0 Å². The number of likely N-dealkylation sites (tertiary alicyclic amines) is 1. The maximum atomic E-state index is 4.96. The molecule has 8 heteroatoms. The smallest absolute Gasteiger partial charge is 0.226 e. The molecule has 0 saturated carbocycles. The summed E-state index contributed by atoms with van der Waals surface area (Å²) in [5, 5.41) is 9.50. The largest absolute Gasteiger partial charge is 0.353 e. The Kier molecular flexibility index (Phi) is 6.05. The highest BCUT2D eigenvalue weighted by Crippen LogP contribution is 2.23. The lowest BCUT2D eigenvalue weighted by Crippen LogP contribution is -2.45. The Bertz CT molecular complexity index is 1510. The van der Waals surface area contributed by atoms with Gasteiger partial charge in [-0.05, 0) is 57.9 Å². The Hall–Kier alpha value is -3.52. The maximum absolute atomic E-state index is 4.96. The second-order valence-corrected chi connectivity index (χ2v) is 10.1. The van der Waals surface area contributed by atoms with Crippen LogP contribution in [0.4, 0.5) is 5.95 Å². The average molecular weight is 483 g/mol. The number of nitrogens with one attached hydrogen (secondary N) is 1. The number of piperidine rings is 1. The van der Waals surface area contributed by atoms with E-state index in [4.69, 9.17) is 20.1 Å². The SMILES string of the molecule is Cc1nc2ccccc2n1CCc1nc2c3ccccc3nc(NCCN3[C@H](C)CCC[C@@H]3C)n2n1. The van der Waals surface area contributed by atoms with Crippen molar-refractivity contribution < 1.29 is 0 Å². The van der Waals surface area contributed by atoms with Crippen LogP contribution in [0.25, 0.3) is 27.6 Å². The van der Waals surface area contributed by atoms with Crippen molar-refractivity contribution in [2.45, 2.75) is 65.1 Å². The molecular weight excluding hydrogens is 448 g/mol. The van der Waals surface area contributed by atoms with Gasteiger partial charge >= 0.3 is 0 Å². The van der Waals surface area contributed by atoms with Crippen LogP contribution in [0.15, 0.2) is 48.5 Å². The third kappa shape index (κ3) is 4.19. The standard InChI is InChI=1S/C28H34N8/c1-19-9-8-10-20(2)34(19)18-16-29-28-31-23-12-5-4-11-22(23)27-32-26(33-36(27)28)15-17-35-21(3)30-24-13-6-7-14-25(24)35/h4-7,11-14,19-20H,8-10,15-18H2,1-3H3,(H,29,31)/t19-,20+. The van der Waals surface area contributed by atoms with Crippen LogP contribution in [0.2, 0.25) is 0 Å². The first-order valence-electron chi connectivity index (χ1n) is 13.1. The summed E-state index contributed by atoms with van der Waals surface area (Å²) in [6, 6.07) is 17.7. The van der Waals surface area contributed by atoms with Crippen molar-refractivity contribution in [3.63, 3.8) is 0 Å². The van der Waals surface area contributed by atoms with Gasteiger partial charge in [-0.25, -0.2) is 15.0 Å². The number of nitrogens with zero attached hydrogens (tertiary/aromatic N) is 7. The zero-order chi connectivity index (χ0) is 24.6. The first-order valence-corrected chi connectivity index (χ1v) is 13.1. The number of para-hydroxylation sites is 3. The number of benzene rings is 2. The summed E-state index contributed by atoms with van der Waals surface area (Å²) in [6.07, 6.45) is 4.61. The van der Waals surface area contributed by atoms with Gasteiger partial charge in [0.05, 0.1) is 16.6 Å². The van der Waals surface area contributed by atoms with Crippen LogP contribution in [0.5, 0.6) is 0 Å². The molecule has 8 nitrogen and oxygen atoms in total. The van der Waals surface area contributed by atoms with Crippen molar-refractivity contribution in [1.82, 2.24) is 34.0 Å². The monoisotopic (exact) mass is 482 g/mol. The minimum absolute atomic E-state index is 0.626. The molecule has 5 aromatic rings. The molecular formula is C28H34N8. The van der Waals surface area contributed by atoms with E-state index >= 15 is 0 Å². The summed E-state index contributed by atoms with van der Waals surface area (Å²) in [7, 11) is 0. The molecule has 0 bridgehead atoms. The highest BCUT2D eigenvalue weighted by atomic mass is 15.4. The molecule has 1 aliphatic heterocycles. The fraction of sp³-hybridized carbons (Fsp3) is 0.429. The molecule has 2 aromatic carbocycles. The van der Waals surface area contributed by atoms with Gasteiger partial charge in [0.25, 0.3) is 0 Å². The Labute approximate surface area is 211 Å². The molecule has 4 heterocycles. The highest BCUT2D eigenvalue weighted by Gasteiger charge is 2.24. The van der Waals surface area contributed by atoms with Crippen molar-refractivity contribution in [1.29, 1.82) is 0 Å². The predicted octanol–water partition coefficient (Wildman–Crippen LogP) is 4.85. The van der Waals surface area contributed by atoms with Crippen LogP contribution in [-0.2, 0) is 13.0 Å². The van der Waals surface area contributed by atoms with Gasteiger partial charge in [-0.2, -0.15) is 4.52 Å². The fourth-order valence-electron chi connectivity index (χ4n) is 5.72. The molecule has 0 spiro atoms. The molecule has 1 N–H and O–H groups in total. The van der Waals surface area contributed by atoms with Crippen LogP contribution in [-0.4, -0.2) is 59.2 Å². The first-order chi connectivity index (χ1) is 17.6. The number of anilines is 1. The summed E-state index contributed by atoms with van der Waals surface area (Å²) in [4.78, 5) is 17.2. The van der Waals surface area contributed by atoms with E-state index in [1.807, 2.05) is 28.8 Å². The molecule has 186 valence electrons. The molecule has 1 saturated heterocycles. The minimum atomic E-state index is 0.626. The van der Waals surface area contributed by atoms with Crippen molar-refractivity contribution >= 4 is 33.5 Å². The summed E-state index contributed by atoms with van der Waals surface area (Å²) in [5.74, 6) is 2.58. The Morgan fingerprint density at radius 2 is 1.64 bits per heavy atom. The molecule has 0 unspecified atom stereocenters. The van der Waals surface area contributed by atoms with Gasteiger partial charge in [-0.1, -0.05) is 30.7 Å². The van der Waals surface area contributed by atoms with E-state index in [9.17, 15) is 0 Å². The van der Waals surface area contributed by atoms with Crippen molar-refractivity contribution in [3.8, 4) is 0 Å². The number of hydrogen-bond donors (Lipinski definition) is 1. The van der Waals surface area contributed by atoms with E-state index < -0.39 is 0 Å². The van der Waals surface area contributed by atoms with Gasteiger partial charge in [0, 0.05) is 43.5 Å². The number of rotatable bonds is 7. The average Bonchev–Trinajstić information content (AvgIpc) is 3.45. The van der Waals surface area contributed by atoms with E-state index in [0.29, 0.717) is 12.1 Å². The van der Waals surface area contributed by atoms with Gasteiger partial charge in [0.2, 0.25) is 5.95 Å². The quantitative estimate of drug-likeness (QED) is 0.357. The van der Waals surface area contributed by atoms with Gasteiger partial charge in [-0.15, -0.1) is 5.10 Å². The zero-order valence-corrected chi connectivity index (χ0v) is 21.4. The number of aromatic nitrogens is 6. The predicted molar refractivity (Wildman–Crippen MR) is 144 cm³/mol. The molecule has 0 aliphatic carbocycles. The molecule has 0 amide bonds. The molecule has 0 radical (unpaired) electrons. The normalized spacial score (nSPS) is 19.0. The van der Waals surface area contributed by atoms with Crippen LogP contribution >= 0.6 is 0 Å². The number of aryl methyl sites for hydroxylation is 3. The van der Waals surface area contributed by atoms with Crippen molar-refractivity contribution in [2.24, 2.45) is 0 Å². The lowest BCUT2D eigenvalue weighted by atomic mass is 9.98. The Morgan fingerprint density at radius 1 is 0.889 bits per heavy atom. The third-order valence-corrected chi connectivity index (χ3v) is 7.66. The van der Waals surface area contributed by atoms with E-state index in [2.05, 4.69) is 59.8 Å². The Morgan fingerprint density at radius 3 is 2.47 bits per heavy atom. The molecule has 6 rings (SSSR count). The lowest BCUT2D eigenvalue weighted by Gasteiger charge is -2.39. The zero-order valence-electron chi connectivity index (χ0n) is 21.4. The van der Waals surface area contributed by atoms with Crippen LogP contribution in [0, 0.1) is 6.92 Å². The summed E-state index contributed by atoms with van der Waals surface area (Å²) in [6.45, 7) is 9.34. The fourth-order valence-corrected chi connectivity index (χ4v) is 5.72. The molecule has 1 aliphatic rings. The minimum Gasteiger partial charge on any atom is -0.353 e. The molecule has 2 atom stereocenters. The van der Waals surface area contributed by atoms with Gasteiger partial charge < -0.3 is 9.88 Å². The number of fused-ring (bicyclic) bond motifs is 4. The van der Waals surface area contributed by atoms with Gasteiger partial charge in [-0.3, -0.25) is 4.90 Å². The van der Waals surface area contributed by atoms with E-state index in [0.717, 1.165) is 71.2 Å². The van der Waals surface area contributed by atoms with Gasteiger partial charge in [0.15, 0.2) is 11.5 Å². The number of imidazole rings is 1. The Balaban J connectivity index is 1.27. The second-order valence-electron chi connectivity index (χ2n) is 10.1. The van der Waals surface area contributed by atoms with Crippen LogP contribution < -0.4 is 5.32 Å². The molecule has 3 aromatic heterocycles. The first kappa shape index (κ1) is 22.9. The third-order valence-electron chi connectivity index (χ3n) is 7.66. The van der Waals surface area contributed by atoms with Crippen LogP contribution in [0.1, 0.15) is 44.8 Å². The van der Waals surface area contributed by atoms with E-state index in [1.54, 1.807) is 0 Å². The van der Waals surface area contributed by atoms with Crippen molar-refractivity contribution in [2.75, 3.05) is 18.4 Å². The lowest BCUT2D eigenvalue weighted by molar-refractivity contribution is 0.109. The second kappa shape index (κ2) is 9.50. The maximum Gasteiger partial charge on any atom is 0.226 e. The number of hydrogen-bond acceptors (Lipinski definition) is 6.